The van der Waals surface area contributed by atoms with Crippen molar-refractivity contribution >= 4 is 10.2 Å². The van der Waals surface area contributed by atoms with Gasteiger partial charge in [-0.15, -0.1) is 0 Å². The Hall–Kier alpha value is -1.06. The summed E-state index contributed by atoms with van der Waals surface area (Å²) in [4.78, 5) is 0. The predicted octanol–water partition coefficient (Wildman–Crippen LogP) is 2.03. The molecule has 2 heterocycles. The lowest BCUT2D eigenvalue weighted by atomic mass is 10.1. The summed E-state index contributed by atoms with van der Waals surface area (Å²) in [6.07, 6.45) is -2.60. The lowest BCUT2D eigenvalue weighted by Crippen LogP contribution is -2.54. The molecule has 1 aliphatic heterocycles. The summed E-state index contributed by atoms with van der Waals surface area (Å²) in [5.74, 6) is 0.342. The molecule has 1 aromatic rings. The summed E-state index contributed by atoms with van der Waals surface area (Å²) in [6, 6.07) is 1.16. The maximum atomic E-state index is 12.9. The van der Waals surface area contributed by atoms with Gasteiger partial charge >= 0.3 is 6.18 Å². The summed E-state index contributed by atoms with van der Waals surface area (Å²) in [5.41, 5.74) is 0. The highest BCUT2D eigenvalue weighted by Crippen LogP contribution is 2.33. The smallest absolute Gasteiger partial charge is 0.405 e. The minimum absolute atomic E-state index is 0.127. The molecule has 0 aliphatic carbocycles. The first-order valence-electron chi connectivity index (χ1n) is 6.16. The molecule has 20 heavy (non-hydrogen) atoms. The van der Waals surface area contributed by atoms with Crippen molar-refractivity contribution in [3.05, 3.63) is 24.2 Å². The molecule has 0 spiro atoms. The molecule has 2 rings (SSSR count). The first-order valence-corrected chi connectivity index (χ1v) is 7.60. The third-order valence-electron chi connectivity index (χ3n) is 3.15. The molecule has 1 aromatic heterocycles. The monoisotopic (exact) mass is 312 g/mol. The van der Waals surface area contributed by atoms with Crippen LogP contribution in [-0.4, -0.2) is 31.5 Å². The molecular weight excluding hydrogens is 297 g/mol. The van der Waals surface area contributed by atoms with Crippen LogP contribution in [0.1, 0.15) is 25.0 Å². The molecule has 1 fully saturated rings. The molecule has 1 atom stereocenters. The second-order valence-corrected chi connectivity index (χ2v) is 6.28. The van der Waals surface area contributed by atoms with Crippen LogP contribution in [0.2, 0.25) is 0 Å². The molecule has 1 aliphatic rings. The van der Waals surface area contributed by atoms with Gasteiger partial charge in [-0.1, -0.05) is 6.42 Å². The highest BCUT2D eigenvalue weighted by atomic mass is 32.2. The second-order valence-electron chi connectivity index (χ2n) is 4.57. The number of rotatable bonds is 4. The molecule has 1 saturated heterocycles. The lowest BCUT2D eigenvalue weighted by Gasteiger charge is -2.35. The van der Waals surface area contributed by atoms with Gasteiger partial charge in [0.05, 0.1) is 12.8 Å². The first kappa shape index (κ1) is 15.3. The summed E-state index contributed by atoms with van der Waals surface area (Å²) in [7, 11) is -4.19. The number of nitrogens with zero attached hydrogens (tertiary/aromatic N) is 1. The van der Waals surface area contributed by atoms with E-state index < -0.39 is 22.4 Å². The minimum Gasteiger partial charge on any atom is -0.468 e. The molecule has 5 nitrogen and oxygen atoms in total. The Bertz CT molecular complexity index is 528. The van der Waals surface area contributed by atoms with Gasteiger partial charge in [0.2, 0.25) is 0 Å². The average molecular weight is 312 g/mol. The molecule has 0 saturated carbocycles. The zero-order chi connectivity index (χ0) is 14.8. The Morgan fingerprint density at radius 3 is 2.75 bits per heavy atom. The Labute approximate surface area is 114 Å². The Morgan fingerprint density at radius 2 is 2.15 bits per heavy atom. The van der Waals surface area contributed by atoms with E-state index in [1.54, 1.807) is 12.1 Å². The number of hydrogen-bond acceptors (Lipinski definition) is 3. The van der Waals surface area contributed by atoms with Gasteiger partial charge in [0, 0.05) is 6.54 Å². The molecule has 0 bridgehead atoms. The maximum Gasteiger partial charge on any atom is 0.405 e. The van der Waals surface area contributed by atoms with Gasteiger partial charge in [-0.3, -0.25) is 0 Å². The second kappa shape index (κ2) is 5.74. The SMILES string of the molecule is O=S(=O)(NCc1ccco1)N1CCCCC1C(F)(F)F. The first-order chi connectivity index (χ1) is 9.31. The van der Waals surface area contributed by atoms with Crippen LogP contribution in [0.4, 0.5) is 13.2 Å². The van der Waals surface area contributed by atoms with E-state index in [2.05, 4.69) is 4.72 Å². The molecule has 9 heteroatoms. The van der Waals surface area contributed by atoms with E-state index in [0.29, 0.717) is 22.9 Å². The van der Waals surface area contributed by atoms with E-state index in [1.165, 1.54) is 6.26 Å². The van der Waals surface area contributed by atoms with E-state index in [1.807, 2.05) is 0 Å². The van der Waals surface area contributed by atoms with Crippen molar-refractivity contribution in [2.45, 2.75) is 38.0 Å². The predicted molar refractivity (Wildman–Crippen MR) is 64.9 cm³/mol. The van der Waals surface area contributed by atoms with E-state index in [0.717, 1.165) is 0 Å². The standard InChI is InChI=1S/C11H15F3N2O3S/c12-11(13,14)10-5-1-2-6-16(10)20(17,18)15-8-9-4-3-7-19-9/h3-4,7,10,15H,1-2,5-6,8H2. The van der Waals surface area contributed by atoms with Crippen LogP contribution in [0.3, 0.4) is 0 Å². The summed E-state index contributed by atoms with van der Waals surface area (Å²) in [5, 5.41) is 0. The largest absolute Gasteiger partial charge is 0.468 e. The van der Waals surface area contributed by atoms with Crippen molar-refractivity contribution in [1.82, 2.24) is 9.03 Å². The van der Waals surface area contributed by atoms with Crippen LogP contribution in [0.5, 0.6) is 0 Å². The van der Waals surface area contributed by atoms with Gasteiger partial charge in [0.25, 0.3) is 10.2 Å². The fourth-order valence-electron chi connectivity index (χ4n) is 2.18. The maximum absolute atomic E-state index is 12.9. The van der Waals surface area contributed by atoms with Crippen LogP contribution >= 0.6 is 0 Å². The third kappa shape index (κ3) is 3.53. The van der Waals surface area contributed by atoms with Gasteiger partial charge in [-0.25, -0.2) is 0 Å². The molecule has 114 valence electrons. The fourth-order valence-corrected chi connectivity index (χ4v) is 3.60. The molecule has 0 aromatic carbocycles. The highest BCUT2D eigenvalue weighted by Gasteiger charge is 2.48. The lowest BCUT2D eigenvalue weighted by molar-refractivity contribution is -0.177. The quantitative estimate of drug-likeness (QED) is 0.925. The molecule has 1 N–H and O–H groups in total. The summed E-state index contributed by atoms with van der Waals surface area (Å²) >= 11 is 0. The number of piperidine rings is 1. The molecule has 0 amide bonds. The topological polar surface area (TPSA) is 62.6 Å². The van der Waals surface area contributed by atoms with Crippen molar-refractivity contribution in [2.24, 2.45) is 0 Å². The Balaban J connectivity index is 2.09. The Kier molecular flexibility index (Phi) is 4.40. The third-order valence-corrected chi connectivity index (χ3v) is 4.71. The molecule has 1 unspecified atom stereocenters. The minimum atomic E-state index is -4.56. The van der Waals surface area contributed by atoms with Crippen LogP contribution in [0, 0.1) is 0 Å². The number of hydrogen-bond donors (Lipinski definition) is 1. The summed E-state index contributed by atoms with van der Waals surface area (Å²) < 4.78 is 70.3. The normalized spacial score (nSPS) is 22.1. The average Bonchev–Trinajstić information content (AvgIpc) is 2.89. The van der Waals surface area contributed by atoms with Crippen LogP contribution in [-0.2, 0) is 16.8 Å². The van der Waals surface area contributed by atoms with Crippen LogP contribution in [0.25, 0.3) is 0 Å². The highest BCUT2D eigenvalue weighted by molar-refractivity contribution is 7.87. The van der Waals surface area contributed by atoms with Crippen LogP contribution in [0.15, 0.2) is 22.8 Å². The summed E-state index contributed by atoms with van der Waals surface area (Å²) in [6.45, 7) is -0.298. The number of furan rings is 1. The number of halogens is 3. The van der Waals surface area contributed by atoms with Gasteiger partial charge in [0.1, 0.15) is 11.8 Å². The van der Waals surface area contributed by atoms with E-state index in [9.17, 15) is 21.6 Å². The number of alkyl halides is 3. The molecular formula is C11H15F3N2O3S. The fraction of sp³-hybridized carbons (Fsp3) is 0.636. The van der Waals surface area contributed by atoms with Gasteiger partial charge < -0.3 is 4.42 Å². The molecule has 0 radical (unpaired) electrons. The van der Waals surface area contributed by atoms with Crippen LogP contribution < -0.4 is 4.72 Å². The van der Waals surface area contributed by atoms with Crippen molar-refractivity contribution in [3.8, 4) is 0 Å². The van der Waals surface area contributed by atoms with Gasteiger partial charge in [-0.05, 0) is 25.0 Å². The van der Waals surface area contributed by atoms with Crippen molar-refractivity contribution in [1.29, 1.82) is 0 Å². The van der Waals surface area contributed by atoms with E-state index in [-0.39, 0.29) is 19.5 Å². The van der Waals surface area contributed by atoms with Gasteiger partial charge in [-0.2, -0.15) is 30.6 Å². The van der Waals surface area contributed by atoms with Crippen molar-refractivity contribution < 1.29 is 26.0 Å². The van der Waals surface area contributed by atoms with Crippen molar-refractivity contribution in [2.75, 3.05) is 6.54 Å². The zero-order valence-electron chi connectivity index (χ0n) is 10.6. The van der Waals surface area contributed by atoms with Crippen molar-refractivity contribution in [3.63, 3.8) is 0 Å². The van der Waals surface area contributed by atoms with E-state index in [4.69, 9.17) is 4.42 Å². The van der Waals surface area contributed by atoms with Gasteiger partial charge in [0.15, 0.2) is 0 Å². The number of nitrogens with one attached hydrogen (secondary N) is 1. The zero-order valence-corrected chi connectivity index (χ0v) is 11.4. The Morgan fingerprint density at radius 1 is 1.40 bits per heavy atom. The van der Waals surface area contributed by atoms with E-state index >= 15 is 0 Å².